The van der Waals surface area contributed by atoms with E-state index in [1.165, 1.54) is 20.9 Å². The summed E-state index contributed by atoms with van der Waals surface area (Å²) in [5, 5.41) is 0. The molecule has 0 fully saturated rings. The summed E-state index contributed by atoms with van der Waals surface area (Å²) in [6.45, 7) is 13.1. The van der Waals surface area contributed by atoms with Crippen LogP contribution in [0.5, 0.6) is 0 Å². The summed E-state index contributed by atoms with van der Waals surface area (Å²) >= 11 is 1.78. The quantitative estimate of drug-likeness (QED) is 0.432. The maximum absolute atomic E-state index is 4.98. The number of allylic oxidation sites excluding steroid dienone is 4. The predicted octanol–water partition coefficient (Wildman–Crippen LogP) is 8.72. The molecule has 156 valence electrons. The van der Waals surface area contributed by atoms with Crippen LogP contribution in [0, 0.1) is 0 Å². The van der Waals surface area contributed by atoms with E-state index in [0.29, 0.717) is 11.8 Å². The van der Waals surface area contributed by atoms with E-state index in [4.69, 9.17) is 9.98 Å². The van der Waals surface area contributed by atoms with Gasteiger partial charge in [0.05, 0.1) is 22.8 Å². The highest BCUT2D eigenvalue weighted by molar-refractivity contribution is 8.08. The summed E-state index contributed by atoms with van der Waals surface area (Å²) in [6.07, 6.45) is 5.44. The van der Waals surface area contributed by atoms with Crippen molar-refractivity contribution in [3.63, 3.8) is 0 Å². The minimum atomic E-state index is 0.455. The van der Waals surface area contributed by atoms with Crippen molar-refractivity contribution >= 4 is 34.6 Å². The molecule has 0 unspecified atom stereocenters. The van der Waals surface area contributed by atoms with Crippen molar-refractivity contribution in [1.82, 2.24) is 0 Å². The van der Waals surface area contributed by atoms with Gasteiger partial charge in [-0.2, -0.15) is 0 Å². The van der Waals surface area contributed by atoms with Crippen molar-refractivity contribution in [2.24, 2.45) is 9.98 Å². The number of para-hydroxylation sites is 2. The fraction of sp³-hybridized carbons (Fsp3) is 0.333. The van der Waals surface area contributed by atoms with Crippen molar-refractivity contribution in [2.75, 3.05) is 0 Å². The summed E-state index contributed by atoms with van der Waals surface area (Å²) in [7, 11) is 0. The molecule has 0 amide bonds. The van der Waals surface area contributed by atoms with Gasteiger partial charge in [0.15, 0.2) is 0 Å². The van der Waals surface area contributed by atoms with Crippen LogP contribution in [0.1, 0.15) is 70.9 Å². The standard InChI is InChI=1S/C27H32N2S/c1-18(2)22-12-7-9-14-24(22)28-20(5)26-16-11-17-27(30-26)21(6)29-25-15-10-8-13-23(25)19(3)4/h7-10,12-19H,11H2,1-6H3. The van der Waals surface area contributed by atoms with Crippen LogP contribution in [0.2, 0.25) is 0 Å². The van der Waals surface area contributed by atoms with Gasteiger partial charge < -0.3 is 0 Å². The first-order valence-corrected chi connectivity index (χ1v) is 11.6. The molecule has 30 heavy (non-hydrogen) atoms. The molecule has 3 heteroatoms. The van der Waals surface area contributed by atoms with Crippen molar-refractivity contribution in [1.29, 1.82) is 0 Å². The Morgan fingerprint density at radius 1 is 0.700 bits per heavy atom. The average molecular weight is 417 g/mol. The zero-order chi connectivity index (χ0) is 21.7. The highest BCUT2D eigenvalue weighted by Crippen LogP contribution is 2.36. The molecule has 0 N–H and O–H groups in total. The van der Waals surface area contributed by atoms with Crippen molar-refractivity contribution in [3.05, 3.63) is 81.6 Å². The first-order chi connectivity index (χ1) is 14.4. The van der Waals surface area contributed by atoms with Gasteiger partial charge in [-0.15, -0.1) is 0 Å². The van der Waals surface area contributed by atoms with Crippen LogP contribution in [0.4, 0.5) is 11.4 Å². The number of aliphatic imine (C=N–C) groups is 2. The molecule has 2 aromatic carbocycles. The molecule has 0 bridgehead atoms. The Morgan fingerprint density at radius 2 is 1.10 bits per heavy atom. The van der Waals surface area contributed by atoms with E-state index in [-0.39, 0.29) is 0 Å². The van der Waals surface area contributed by atoms with Gasteiger partial charge in [-0.05, 0) is 55.4 Å². The second-order valence-electron chi connectivity index (χ2n) is 8.30. The van der Waals surface area contributed by atoms with Crippen molar-refractivity contribution < 1.29 is 0 Å². The molecule has 0 radical (unpaired) electrons. The maximum atomic E-state index is 4.98. The SMILES string of the molecule is CC(=Nc1ccccc1C(C)C)C1=CCC=C(C(C)=Nc2ccccc2C(C)C)S1. The molecule has 0 spiro atoms. The monoisotopic (exact) mass is 416 g/mol. The van der Waals surface area contributed by atoms with Crippen LogP contribution in [0.15, 0.2) is 80.5 Å². The topological polar surface area (TPSA) is 24.7 Å². The van der Waals surface area contributed by atoms with Crippen molar-refractivity contribution in [2.45, 2.75) is 59.8 Å². The molecule has 2 nitrogen and oxygen atoms in total. The lowest BCUT2D eigenvalue weighted by atomic mass is 10.0. The van der Waals surface area contributed by atoms with E-state index in [1.807, 2.05) is 0 Å². The molecule has 0 aliphatic carbocycles. The van der Waals surface area contributed by atoms with Gasteiger partial charge in [-0.3, -0.25) is 9.98 Å². The van der Waals surface area contributed by atoms with Gasteiger partial charge in [0, 0.05) is 9.81 Å². The first-order valence-electron chi connectivity index (χ1n) is 10.7. The van der Waals surface area contributed by atoms with E-state index < -0.39 is 0 Å². The fourth-order valence-electron chi connectivity index (χ4n) is 3.54. The Hall–Kier alpha value is -2.39. The lowest BCUT2D eigenvalue weighted by molar-refractivity contribution is 0.867. The van der Waals surface area contributed by atoms with Crippen LogP contribution in [0.3, 0.4) is 0 Å². The number of nitrogens with zero attached hydrogens (tertiary/aromatic N) is 2. The van der Waals surface area contributed by atoms with Gasteiger partial charge >= 0.3 is 0 Å². The molecule has 3 rings (SSSR count). The zero-order valence-corrected chi connectivity index (χ0v) is 19.8. The van der Waals surface area contributed by atoms with Crippen molar-refractivity contribution in [3.8, 4) is 0 Å². The highest BCUT2D eigenvalue weighted by Gasteiger charge is 2.15. The smallest absolute Gasteiger partial charge is 0.0667 e. The number of hydrogen-bond acceptors (Lipinski definition) is 3. The summed E-state index contributed by atoms with van der Waals surface area (Å²) in [4.78, 5) is 12.4. The molecule has 0 atom stereocenters. The number of hydrogen-bond donors (Lipinski definition) is 0. The molecular formula is C27H32N2S. The molecule has 0 aromatic heterocycles. The summed E-state index contributed by atoms with van der Waals surface area (Å²) in [5.41, 5.74) is 6.84. The van der Waals surface area contributed by atoms with E-state index in [9.17, 15) is 0 Å². The fourth-order valence-corrected chi connectivity index (χ4v) is 4.53. The minimum absolute atomic E-state index is 0.455. The molecule has 0 saturated heterocycles. The Balaban J connectivity index is 1.82. The normalized spacial score (nSPS) is 15.5. The summed E-state index contributed by atoms with van der Waals surface area (Å²) in [6, 6.07) is 16.9. The Bertz CT molecular complexity index is 941. The Morgan fingerprint density at radius 3 is 1.50 bits per heavy atom. The van der Waals surface area contributed by atoms with Crippen LogP contribution >= 0.6 is 11.8 Å². The maximum Gasteiger partial charge on any atom is 0.0667 e. The third-order valence-electron chi connectivity index (χ3n) is 5.23. The molecule has 1 aliphatic rings. The van der Waals surface area contributed by atoms with Crippen LogP contribution in [-0.2, 0) is 0 Å². The minimum Gasteiger partial charge on any atom is -0.252 e. The second kappa shape index (κ2) is 10.1. The molecular weight excluding hydrogens is 384 g/mol. The van der Waals surface area contributed by atoms with E-state index in [0.717, 1.165) is 29.2 Å². The second-order valence-corrected chi connectivity index (χ2v) is 9.38. The van der Waals surface area contributed by atoms with Crippen LogP contribution < -0.4 is 0 Å². The van der Waals surface area contributed by atoms with Crippen LogP contribution in [0.25, 0.3) is 0 Å². The number of thioether (sulfide) groups is 1. The van der Waals surface area contributed by atoms with Gasteiger partial charge in [0.1, 0.15) is 0 Å². The summed E-state index contributed by atoms with van der Waals surface area (Å²) < 4.78 is 0. The lowest BCUT2D eigenvalue weighted by Crippen LogP contribution is -2.03. The van der Waals surface area contributed by atoms with Gasteiger partial charge in [0.25, 0.3) is 0 Å². The van der Waals surface area contributed by atoms with Gasteiger partial charge in [-0.1, -0.05) is 88.0 Å². The zero-order valence-electron chi connectivity index (χ0n) is 18.9. The first kappa shape index (κ1) is 22.3. The number of benzene rings is 2. The third kappa shape index (κ3) is 5.40. The van der Waals surface area contributed by atoms with E-state index in [2.05, 4.69) is 102 Å². The molecule has 1 heterocycles. The van der Waals surface area contributed by atoms with Gasteiger partial charge in [-0.25, -0.2) is 0 Å². The van der Waals surface area contributed by atoms with E-state index >= 15 is 0 Å². The Labute approximate surface area is 185 Å². The molecule has 2 aromatic rings. The Kier molecular flexibility index (Phi) is 7.49. The highest BCUT2D eigenvalue weighted by atomic mass is 32.2. The number of rotatable bonds is 6. The van der Waals surface area contributed by atoms with E-state index in [1.54, 1.807) is 11.8 Å². The van der Waals surface area contributed by atoms with Gasteiger partial charge in [0.2, 0.25) is 0 Å². The molecule has 1 aliphatic heterocycles. The summed E-state index contributed by atoms with van der Waals surface area (Å²) in [5.74, 6) is 0.910. The molecule has 0 saturated carbocycles. The third-order valence-corrected chi connectivity index (χ3v) is 6.60. The average Bonchev–Trinajstić information content (AvgIpc) is 2.74. The predicted molar refractivity (Wildman–Crippen MR) is 135 cm³/mol. The van der Waals surface area contributed by atoms with Crippen LogP contribution in [-0.4, -0.2) is 11.4 Å². The largest absolute Gasteiger partial charge is 0.252 e. The lowest BCUT2D eigenvalue weighted by Gasteiger charge is -2.16.